The molecular weight excluding hydrogens is 405 g/mol. The van der Waals surface area contributed by atoms with Crippen LogP contribution in [0, 0.1) is 12.7 Å². The van der Waals surface area contributed by atoms with E-state index in [-0.39, 0.29) is 12.3 Å². The van der Waals surface area contributed by atoms with Crippen LogP contribution in [0.2, 0.25) is 0 Å². The third-order valence-corrected chi connectivity index (χ3v) is 4.09. The summed E-state index contributed by atoms with van der Waals surface area (Å²) in [5.74, 6) is -0.337. The Morgan fingerprint density at radius 2 is 2.00 bits per heavy atom. The van der Waals surface area contributed by atoms with Gasteiger partial charge < -0.3 is 10.1 Å². The van der Waals surface area contributed by atoms with Crippen LogP contribution in [0.15, 0.2) is 45.3 Å². The summed E-state index contributed by atoms with van der Waals surface area (Å²) in [6.07, 6.45) is 0. The van der Waals surface area contributed by atoms with Gasteiger partial charge in [0.2, 0.25) is 0 Å². The van der Waals surface area contributed by atoms with Crippen molar-refractivity contribution in [3.05, 3.63) is 56.7 Å². The molecule has 0 heterocycles. The second-order valence-corrected chi connectivity index (χ2v) is 6.14. The van der Waals surface area contributed by atoms with Gasteiger partial charge in [0.05, 0.1) is 5.69 Å². The van der Waals surface area contributed by atoms with E-state index in [1.54, 1.807) is 12.1 Å². The lowest BCUT2D eigenvalue weighted by molar-refractivity contribution is -0.118. The predicted octanol–water partition coefficient (Wildman–Crippen LogP) is 4.68. The van der Waals surface area contributed by atoms with Crippen molar-refractivity contribution in [3.63, 3.8) is 0 Å². The molecule has 0 aromatic heterocycles. The fourth-order valence-electron chi connectivity index (χ4n) is 1.63. The monoisotopic (exact) mass is 415 g/mol. The molecule has 6 heteroatoms. The zero-order chi connectivity index (χ0) is 15.4. The zero-order valence-corrected chi connectivity index (χ0v) is 14.3. The van der Waals surface area contributed by atoms with Gasteiger partial charge in [-0.1, -0.05) is 31.9 Å². The van der Waals surface area contributed by atoms with E-state index in [1.807, 2.05) is 19.1 Å². The molecule has 0 aliphatic rings. The largest absolute Gasteiger partial charge is 0.484 e. The summed E-state index contributed by atoms with van der Waals surface area (Å²) in [7, 11) is 0. The molecule has 0 fully saturated rings. The fourth-order valence-corrected chi connectivity index (χ4v) is 2.21. The van der Waals surface area contributed by atoms with Crippen molar-refractivity contribution in [2.75, 3.05) is 11.9 Å². The number of carbonyl (C=O) groups excluding carboxylic acids is 1. The van der Waals surface area contributed by atoms with Crippen LogP contribution in [0.1, 0.15) is 5.56 Å². The molecule has 0 unspecified atom stereocenters. The van der Waals surface area contributed by atoms with Crippen molar-refractivity contribution >= 4 is 43.5 Å². The number of hydrogen-bond acceptors (Lipinski definition) is 2. The van der Waals surface area contributed by atoms with Gasteiger partial charge in [-0.15, -0.1) is 0 Å². The molecule has 0 radical (unpaired) electrons. The molecule has 0 saturated heterocycles. The highest BCUT2D eigenvalue weighted by Gasteiger charge is 2.08. The van der Waals surface area contributed by atoms with E-state index >= 15 is 0 Å². The number of ether oxygens (including phenoxy) is 1. The Bertz CT molecular complexity index is 677. The SMILES string of the molecule is Cc1cc(OCC(=O)Nc2ccc(Br)cc2F)ccc1Br. The van der Waals surface area contributed by atoms with Gasteiger partial charge in [0.15, 0.2) is 6.61 Å². The second kappa shape index (κ2) is 7.04. The minimum atomic E-state index is -0.503. The van der Waals surface area contributed by atoms with Crippen molar-refractivity contribution in [1.29, 1.82) is 0 Å². The van der Waals surface area contributed by atoms with E-state index in [2.05, 4.69) is 37.2 Å². The summed E-state index contributed by atoms with van der Waals surface area (Å²) in [6, 6.07) is 9.84. The van der Waals surface area contributed by atoms with E-state index in [0.717, 1.165) is 10.0 Å². The molecule has 0 bridgehead atoms. The smallest absolute Gasteiger partial charge is 0.262 e. The number of carbonyl (C=O) groups is 1. The molecule has 2 rings (SSSR count). The average molecular weight is 417 g/mol. The Balaban J connectivity index is 1.94. The van der Waals surface area contributed by atoms with Gasteiger partial charge in [0, 0.05) is 8.95 Å². The molecule has 0 atom stereocenters. The molecule has 2 aromatic carbocycles. The second-order valence-electron chi connectivity index (χ2n) is 4.37. The van der Waals surface area contributed by atoms with E-state index < -0.39 is 11.7 Å². The van der Waals surface area contributed by atoms with Gasteiger partial charge in [0.25, 0.3) is 5.91 Å². The maximum absolute atomic E-state index is 13.6. The Morgan fingerprint density at radius 1 is 1.24 bits per heavy atom. The molecule has 3 nitrogen and oxygen atoms in total. The topological polar surface area (TPSA) is 38.3 Å². The summed E-state index contributed by atoms with van der Waals surface area (Å²) in [5.41, 5.74) is 1.13. The van der Waals surface area contributed by atoms with Gasteiger partial charge in [-0.3, -0.25) is 4.79 Å². The molecular formula is C15H12Br2FNO2. The van der Waals surface area contributed by atoms with Crippen LogP contribution in [0.25, 0.3) is 0 Å². The van der Waals surface area contributed by atoms with Crippen molar-refractivity contribution in [1.82, 2.24) is 0 Å². The van der Waals surface area contributed by atoms with Crippen LogP contribution in [-0.4, -0.2) is 12.5 Å². The first-order chi connectivity index (χ1) is 9.95. The van der Waals surface area contributed by atoms with Crippen molar-refractivity contribution < 1.29 is 13.9 Å². The number of amides is 1. The highest BCUT2D eigenvalue weighted by atomic mass is 79.9. The van der Waals surface area contributed by atoms with Gasteiger partial charge in [-0.25, -0.2) is 4.39 Å². The molecule has 0 spiro atoms. The fraction of sp³-hybridized carbons (Fsp3) is 0.133. The van der Waals surface area contributed by atoms with Crippen molar-refractivity contribution in [3.8, 4) is 5.75 Å². The third kappa shape index (κ3) is 4.54. The Morgan fingerprint density at radius 3 is 2.67 bits per heavy atom. The van der Waals surface area contributed by atoms with E-state index in [9.17, 15) is 9.18 Å². The summed E-state index contributed by atoms with van der Waals surface area (Å²) < 4.78 is 20.5. The molecule has 110 valence electrons. The Hall–Kier alpha value is -1.40. The maximum Gasteiger partial charge on any atom is 0.262 e. The minimum Gasteiger partial charge on any atom is -0.484 e. The van der Waals surface area contributed by atoms with Crippen LogP contribution in [0.4, 0.5) is 10.1 Å². The molecule has 2 aromatic rings. The number of hydrogen-bond donors (Lipinski definition) is 1. The minimum absolute atomic E-state index is 0.124. The summed E-state index contributed by atoms with van der Waals surface area (Å²) >= 11 is 6.54. The number of benzene rings is 2. The summed E-state index contributed by atoms with van der Waals surface area (Å²) in [5, 5.41) is 2.46. The predicted molar refractivity (Wildman–Crippen MR) is 87.1 cm³/mol. The van der Waals surface area contributed by atoms with E-state index in [0.29, 0.717) is 10.2 Å². The van der Waals surface area contributed by atoms with Crippen LogP contribution >= 0.6 is 31.9 Å². The lowest BCUT2D eigenvalue weighted by Gasteiger charge is -2.09. The van der Waals surface area contributed by atoms with E-state index in [4.69, 9.17) is 4.74 Å². The van der Waals surface area contributed by atoms with Crippen LogP contribution < -0.4 is 10.1 Å². The lowest BCUT2D eigenvalue weighted by Crippen LogP contribution is -2.20. The first kappa shape index (κ1) is 16.0. The van der Waals surface area contributed by atoms with Crippen LogP contribution in [0.5, 0.6) is 5.75 Å². The number of halogens is 3. The van der Waals surface area contributed by atoms with Gasteiger partial charge in [0.1, 0.15) is 11.6 Å². The summed E-state index contributed by atoms with van der Waals surface area (Å²) in [4.78, 5) is 11.8. The Labute approximate surface area is 138 Å². The maximum atomic E-state index is 13.6. The lowest BCUT2D eigenvalue weighted by atomic mass is 10.2. The molecule has 0 saturated carbocycles. The van der Waals surface area contributed by atoms with Gasteiger partial charge in [-0.2, -0.15) is 0 Å². The molecule has 21 heavy (non-hydrogen) atoms. The number of rotatable bonds is 4. The Kier molecular flexibility index (Phi) is 5.36. The standard InChI is InChI=1S/C15H12Br2FNO2/c1-9-6-11(3-4-12(9)17)21-8-15(20)19-14-5-2-10(16)7-13(14)18/h2-7H,8H2,1H3,(H,19,20). The van der Waals surface area contributed by atoms with Gasteiger partial charge in [-0.05, 0) is 48.9 Å². The van der Waals surface area contributed by atoms with Gasteiger partial charge >= 0.3 is 0 Å². The van der Waals surface area contributed by atoms with Crippen LogP contribution in [-0.2, 0) is 4.79 Å². The summed E-state index contributed by atoms with van der Waals surface area (Å²) in [6.45, 7) is 1.74. The zero-order valence-electron chi connectivity index (χ0n) is 11.1. The highest BCUT2D eigenvalue weighted by molar-refractivity contribution is 9.10. The molecule has 1 amide bonds. The molecule has 0 aliphatic carbocycles. The number of nitrogens with one attached hydrogen (secondary N) is 1. The number of anilines is 1. The van der Waals surface area contributed by atoms with E-state index in [1.165, 1.54) is 12.1 Å². The quantitative estimate of drug-likeness (QED) is 0.785. The van der Waals surface area contributed by atoms with Crippen LogP contribution in [0.3, 0.4) is 0 Å². The first-order valence-corrected chi connectivity index (χ1v) is 7.68. The molecule has 0 aliphatic heterocycles. The third-order valence-electron chi connectivity index (χ3n) is 2.70. The van der Waals surface area contributed by atoms with Crippen molar-refractivity contribution in [2.24, 2.45) is 0 Å². The normalized spacial score (nSPS) is 10.3. The molecule has 1 N–H and O–H groups in total. The first-order valence-electron chi connectivity index (χ1n) is 6.09. The highest BCUT2D eigenvalue weighted by Crippen LogP contribution is 2.22. The average Bonchev–Trinajstić information content (AvgIpc) is 2.43. The van der Waals surface area contributed by atoms with Crippen molar-refractivity contribution in [2.45, 2.75) is 6.92 Å². The number of aryl methyl sites for hydroxylation is 1.